The molecule has 26 heavy (non-hydrogen) atoms. The van der Waals surface area contributed by atoms with Crippen LogP contribution in [0.1, 0.15) is 63.2 Å². The average Bonchev–Trinajstić information content (AvgIpc) is 2.74. The molecule has 2 unspecified atom stereocenters. The Morgan fingerprint density at radius 1 is 1.38 bits per heavy atom. The minimum absolute atomic E-state index is 0.0935. The summed E-state index contributed by atoms with van der Waals surface area (Å²) in [4.78, 5) is 15.7. The molecule has 2 saturated heterocycles. The molecule has 2 aliphatic rings. The van der Waals surface area contributed by atoms with Crippen LogP contribution in [0, 0.1) is 5.41 Å². The van der Waals surface area contributed by atoms with Gasteiger partial charge in [-0.05, 0) is 59.5 Å². The van der Waals surface area contributed by atoms with Gasteiger partial charge in [0.15, 0.2) is 0 Å². The Kier molecular flexibility index (Phi) is 5.28. The van der Waals surface area contributed by atoms with E-state index in [-0.39, 0.29) is 17.0 Å². The number of benzene rings is 1. The maximum Gasteiger partial charge on any atom is 0.256 e. The Balaban J connectivity index is 1.89. The normalized spacial score (nSPS) is 26.0. The third kappa shape index (κ3) is 3.72. The smallest absolute Gasteiger partial charge is 0.256 e. The van der Waals surface area contributed by atoms with E-state index in [0.717, 1.165) is 32.2 Å². The van der Waals surface area contributed by atoms with Crippen LogP contribution in [0.25, 0.3) is 0 Å². The average molecular weight is 424 g/mol. The first-order valence-corrected chi connectivity index (χ1v) is 10.2. The number of nitrogen functional groups attached to an aromatic ring is 1. The Labute approximate surface area is 164 Å². The van der Waals surface area contributed by atoms with Gasteiger partial charge in [-0.1, -0.05) is 20.8 Å². The molecule has 2 aliphatic heterocycles. The Morgan fingerprint density at radius 2 is 2.12 bits per heavy atom. The van der Waals surface area contributed by atoms with Gasteiger partial charge in [0.2, 0.25) is 0 Å². The van der Waals surface area contributed by atoms with Crippen molar-refractivity contribution in [1.29, 1.82) is 0 Å². The zero-order valence-electron chi connectivity index (χ0n) is 16.2. The van der Waals surface area contributed by atoms with Gasteiger partial charge in [0.25, 0.3) is 5.91 Å². The molecule has 5 nitrogen and oxygen atoms in total. The number of carbonyl (C=O) groups excluding carboxylic acids is 1. The van der Waals surface area contributed by atoms with Crippen molar-refractivity contribution in [3.8, 4) is 5.75 Å². The second-order valence-electron chi connectivity index (χ2n) is 8.83. The van der Waals surface area contributed by atoms with Crippen LogP contribution >= 0.6 is 15.9 Å². The van der Waals surface area contributed by atoms with Crippen LogP contribution in [0.3, 0.4) is 0 Å². The number of piperidine rings is 1. The van der Waals surface area contributed by atoms with E-state index in [9.17, 15) is 4.79 Å². The number of halogens is 1. The first-order valence-electron chi connectivity index (χ1n) is 9.37. The van der Waals surface area contributed by atoms with Gasteiger partial charge in [-0.3, -0.25) is 9.69 Å². The zero-order valence-corrected chi connectivity index (χ0v) is 17.8. The largest absolute Gasteiger partial charge is 0.496 e. The summed E-state index contributed by atoms with van der Waals surface area (Å²) in [6.45, 7) is 7.77. The number of nitrogens with one attached hydrogen (secondary N) is 1. The second kappa shape index (κ2) is 7.04. The van der Waals surface area contributed by atoms with Gasteiger partial charge < -0.3 is 15.8 Å². The van der Waals surface area contributed by atoms with Crippen molar-refractivity contribution in [1.82, 2.24) is 10.2 Å². The third-order valence-corrected chi connectivity index (χ3v) is 6.25. The number of hydrogen-bond donors (Lipinski definition) is 2. The molecular formula is C20H30BrN3O2. The van der Waals surface area contributed by atoms with Gasteiger partial charge in [0.05, 0.1) is 18.3 Å². The number of amides is 1. The Morgan fingerprint density at radius 3 is 2.77 bits per heavy atom. The number of methoxy groups -OCH3 is 1. The molecule has 6 heteroatoms. The predicted octanol–water partition coefficient (Wildman–Crippen LogP) is 4.16. The summed E-state index contributed by atoms with van der Waals surface area (Å²) in [5.74, 6) is 0.413. The molecule has 144 valence electrons. The highest BCUT2D eigenvalue weighted by molar-refractivity contribution is 9.10. The lowest BCUT2D eigenvalue weighted by Crippen LogP contribution is -2.62. The minimum atomic E-state index is -0.244. The summed E-state index contributed by atoms with van der Waals surface area (Å²) in [6, 6.07) is 4.02. The minimum Gasteiger partial charge on any atom is -0.496 e. The molecule has 2 atom stereocenters. The van der Waals surface area contributed by atoms with Gasteiger partial charge in [0, 0.05) is 28.8 Å². The van der Waals surface area contributed by atoms with Crippen LogP contribution in [0.4, 0.5) is 5.69 Å². The number of rotatable bonds is 4. The van der Waals surface area contributed by atoms with Crippen LogP contribution in [-0.2, 0) is 0 Å². The molecule has 1 aromatic carbocycles. The molecule has 3 N–H and O–H groups in total. The first kappa shape index (κ1) is 19.5. The van der Waals surface area contributed by atoms with Gasteiger partial charge >= 0.3 is 0 Å². The molecule has 0 saturated carbocycles. The second-order valence-corrected chi connectivity index (χ2v) is 9.69. The lowest BCUT2D eigenvalue weighted by Gasteiger charge is -2.47. The lowest BCUT2D eigenvalue weighted by atomic mass is 9.90. The number of nitrogens with two attached hydrogens (primary N) is 1. The zero-order chi connectivity index (χ0) is 19.1. The van der Waals surface area contributed by atoms with E-state index >= 15 is 0 Å². The summed E-state index contributed by atoms with van der Waals surface area (Å²) in [7, 11) is 1.57. The molecule has 2 heterocycles. The predicted molar refractivity (Wildman–Crippen MR) is 108 cm³/mol. The molecule has 3 rings (SSSR count). The number of ether oxygens (including phenoxy) is 1. The van der Waals surface area contributed by atoms with Gasteiger partial charge in [-0.15, -0.1) is 0 Å². The quantitative estimate of drug-likeness (QED) is 0.713. The standard InChI is InChI=1S/C20H30BrN3O2/c1-19(2,3)12-24-13-6-5-8-20(24,9-7-13)23-18(25)14-10-15(21)16(22)11-17(14)26-4/h10-11,13H,5-9,12,22H2,1-4H3,(H,23,25). The summed E-state index contributed by atoms with van der Waals surface area (Å²) in [6.07, 6.45) is 5.55. The van der Waals surface area contributed by atoms with Gasteiger partial charge in [0.1, 0.15) is 5.75 Å². The van der Waals surface area contributed by atoms with E-state index in [1.165, 1.54) is 6.42 Å². The molecule has 0 spiro atoms. The van der Waals surface area contributed by atoms with E-state index in [4.69, 9.17) is 10.5 Å². The van der Waals surface area contributed by atoms with Crippen molar-refractivity contribution in [2.75, 3.05) is 19.4 Å². The van der Waals surface area contributed by atoms with Crippen molar-refractivity contribution in [3.05, 3.63) is 22.2 Å². The fraction of sp³-hybridized carbons (Fsp3) is 0.650. The highest BCUT2D eigenvalue weighted by Gasteiger charge is 2.50. The topological polar surface area (TPSA) is 67.6 Å². The van der Waals surface area contributed by atoms with Crippen molar-refractivity contribution in [3.63, 3.8) is 0 Å². The molecule has 1 aromatic rings. The number of carbonyl (C=O) groups is 1. The Hall–Kier alpha value is -1.27. The van der Waals surface area contributed by atoms with Crippen LogP contribution in [0.5, 0.6) is 5.75 Å². The van der Waals surface area contributed by atoms with Gasteiger partial charge in [-0.25, -0.2) is 0 Å². The fourth-order valence-corrected chi connectivity index (χ4v) is 4.78. The van der Waals surface area contributed by atoms with Crippen molar-refractivity contribution < 1.29 is 9.53 Å². The maximum absolute atomic E-state index is 13.2. The number of nitrogens with zero attached hydrogens (tertiary/aromatic N) is 1. The lowest BCUT2D eigenvalue weighted by molar-refractivity contribution is 0.00282. The van der Waals surface area contributed by atoms with E-state index in [0.29, 0.717) is 27.5 Å². The Bertz CT molecular complexity index is 697. The van der Waals surface area contributed by atoms with Crippen molar-refractivity contribution in [2.45, 2.75) is 64.6 Å². The fourth-order valence-electron chi connectivity index (χ4n) is 4.44. The van der Waals surface area contributed by atoms with E-state index in [1.807, 2.05) is 0 Å². The first-order chi connectivity index (χ1) is 12.1. The van der Waals surface area contributed by atoms with E-state index in [1.54, 1.807) is 19.2 Å². The van der Waals surface area contributed by atoms with Crippen LogP contribution < -0.4 is 15.8 Å². The van der Waals surface area contributed by atoms with E-state index < -0.39 is 0 Å². The number of hydrogen-bond acceptors (Lipinski definition) is 4. The van der Waals surface area contributed by atoms with Crippen LogP contribution in [0.2, 0.25) is 0 Å². The number of anilines is 1. The summed E-state index contributed by atoms with van der Waals surface area (Å²) in [5.41, 5.74) is 6.96. The highest BCUT2D eigenvalue weighted by Crippen LogP contribution is 2.44. The van der Waals surface area contributed by atoms with Gasteiger partial charge in [-0.2, -0.15) is 0 Å². The third-order valence-electron chi connectivity index (χ3n) is 5.56. The highest BCUT2D eigenvalue weighted by atomic mass is 79.9. The van der Waals surface area contributed by atoms with Crippen molar-refractivity contribution in [2.24, 2.45) is 5.41 Å². The molecule has 0 radical (unpaired) electrons. The van der Waals surface area contributed by atoms with Crippen LogP contribution in [0.15, 0.2) is 16.6 Å². The van der Waals surface area contributed by atoms with Crippen molar-refractivity contribution >= 4 is 27.5 Å². The number of fused-ring (bicyclic) bond motifs is 2. The molecular weight excluding hydrogens is 394 g/mol. The summed E-state index contributed by atoms with van der Waals surface area (Å²) < 4.78 is 6.11. The molecule has 0 aromatic heterocycles. The molecule has 2 bridgehead atoms. The van der Waals surface area contributed by atoms with Crippen LogP contribution in [-0.4, -0.2) is 36.2 Å². The molecule has 0 aliphatic carbocycles. The van der Waals surface area contributed by atoms with E-state index in [2.05, 4.69) is 46.9 Å². The summed E-state index contributed by atoms with van der Waals surface area (Å²) in [5, 5.41) is 3.38. The molecule has 2 fully saturated rings. The maximum atomic E-state index is 13.2. The molecule has 1 amide bonds. The SMILES string of the molecule is COc1cc(N)c(Br)cc1C(=O)NC12CCCC(CC1)N2CC(C)(C)C. The monoisotopic (exact) mass is 423 g/mol. The summed E-state index contributed by atoms with van der Waals surface area (Å²) >= 11 is 3.42.